The van der Waals surface area contributed by atoms with E-state index in [1.165, 1.54) is 38.5 Å². The first-order valence-corrected chi connectivity index (χ1v) is 26.4. The van der Waals surface area contributed by atoms with Gasteiger partial charge in [0.05, 0.1) is 25.4 Å². The van der Waals surface area contributed by atoms with Gasteiger partial charge in [0.15, 0.2) is 12.4 Å². The van der Waals surface area contributed by atoms with E-state index < -0.39 is 67.4 Å². The molecule has 0 spiro atoms. The molecule has 8 atom stereocenters. The van der Waals surface area contributed by atoms with Gasteiger partial charge >= 0.3 is 5.97 Å². The molecule has 0 aromatic carbocycles. The molecule has 1 aliphatic heterocycles. The second-order valence-electron chi connectivity index (χ2n) is 17.7. The van der Waals surface area contributed by atoms with Crippen LogP contribution in [0.3, 0.4) is 0 Å². The lowest BCUT2D eigenvalue weighted by atomic mass is 9.99. The Hall–Kier alpha value is -3.94. The zero-order valence-corrected chi connectivity index (χ0v) is 42.6. The predicted octanol–water partition coefficient (Wildman–Crippen LogP) is 11.2. The predicted molar refractivity (Wildman–Crippen MR) is 282 cm³/mol. The molecule has 0 aliphatic carbocycles. The summed E-state index contributed by atoms with van der Waals surface area (Å²) in [6.07, 6.45) is 51.0. The quantitative estimate of drug-likeness (QED) is 0.0150. The summed E-state index contributed by atoms with van der Waals surface area (Å²) in [5.74, 6) is -1.28. The Labute approximate surface area is 417 Å². The van der Waals surface area contributed by atoms with Crippen molar-refractivity contribution in [2.45, 2.75) is 217 Å². The SMILES string of the molecule is CC/C=C/C=C/C=C\C=C/C=C/CCCCC(O)C(=O)NC(COC1OC(CO)C(O)C(O)C1OC(=O)CCCCCCC\C=C/C=C/C=C/C=C/CC)C(O)/C=C/CCCCCCCCCCC. The van der Waals surface area contributed by atoms with E-state index in [9.17, 15) is 35.1 Å². The van der Waals surface area contributed by atoms with Gasteiger partial charge in [0.1, 0.15) is 24.4 Å². The van der Waals surface area contributed by atoms with Gasteiger partial charge in [-0.15, -0.1) is 0 Å². The number of carbonyl (C=O) groups excluding carboxylic acids is 2. The molecular formula is C58H93NO10. The largest absolute Gasteiger partial charge is 0.454 e. The van der Waals surface area contributed by atoms with Crippen LogP contribution in [0.25, 0.3) is 0 Å². The van der Waals surface area contributed by atoms with Crippen molar-refractivity contribution in [1.82, 2.24) is 5.32 Å². The number of hydrogen-bond donors (Lipinski definition) is 6. The minimum Gasteiger partial charge on any atom is -0.454 e. The standard InChI is InChI=1S/C58H93NO10/c1-4-7-10-13-16-19-22-24-26-28-31-34-37-40-43-46-53(63)69-56-55(65)54(64)52(47-60)68-58(56)67-48-49(50(61)44-41-38-35-32-29-21-18-15-12-9-6-3)59-57(66)51(62)45-42-39-36-33-30-27-25-23-20-17-14-11-8-5-2/h7-8,10-11,13-14,16-17,19-20,22-27,30,33,41,44,49-52,54-56,58,60-62,64-65H,4-6,9,12,15,18,21,28-29,31-32,34-40,42-43,45-48H2,1-3H3,(H,59,66)/b10-7+,11-8+,16-13+,17-14+,22-19+,23-20-,26-24-,27-25-,33-30+,44-41+. The zero-order valence-electron chi connectivity index (χ0n) is 42.6. The van der Waals surface area contributed by atoms with Crippen LogP contribution < -0.4 is 5.32 Å². The van der Waals surface area contributed by atoms with Gasteiger partial charge in [-0.2, -0.15) is 0 Å². The number of hydrogen-bond acceptors (Lipinski definition) is 10. The van der Waals surface area contributed by atoms with Crippen LogP contribution in [0.5, 0.6) is 0 Å². The Bertz CT molecular complexity index is 1570. The van der Waals surface area contributed by atoms with Crippen molar-refractivity contribution in [2.75, 3.05) is 13.2 Å². The fraction of sp³-hybridized carbons (Fsp3) is 0.621. The molecule has 0 bridgehead atoms. The van der Waals surface area contributed by atoms with E-state index in [0.29, 0.717) is 12.8 Å². The van der Waals surface area contributed by atoms with Gasteiger partial charge in [-0.3, -0.25) is 9.59 Å². The smallest absolute Gasteiger partial charge is 0.306 e. The van der Waals surface area contributed by atoms with Crippen LogP contribution in [0.4, 0.5) is 0 Å². The van der Waals surface area contributed by atoms with Crippen LogP contribution in [0.2, 0.25) is 0 Å². The Morgan fingerprint density at radius 1 is 0.580 bits per heavy atom. The number of aliphatic hydroxyl groups excluding tert-OH is 5. The molecular weight excluding hydrogens is 871 g/mol. The molecule has 1 heterocycles. The van der Waals surface area contributed by atoms with Crippen LogP contribution >= 0.6 is 0 Å². The summed E-state index contributed by atoms with van der Waals surface area (Å²) in [7, 11) is 0. The van der Waals surface area contributed by atoms with Crippen LogP contribution in [0.15, 0.2) is 122 Å². The summed E-state index contributed by atoms with van der Waals surface area (Å²) in [5, 5.41) is 56.6. The Balaban J connectivity index is 2.83. The molecule has 1 saturated heterocycles. The highest BCUT2D eigenvalue weighted by Crippen LogP contribution is 2.26. The van der Waals surface area contributed by atoms with Crippen molar-refractivity contribution in [3.05, 3.63) is 122 Å². The third kappa shape index (κ3) is 34.1. The van der Waals surface area contributed by atoms with Crippen LogP contribution in [0.1, 0.15) is 168 Å². The molecule has 0 saturated carbocycles. The monoisotopic (exact) mass is 964 g/mol. The van der Waals surface area contributed by atoms with Gasteiger partial charge in [-0.1, -0.05) is 219 Å². The van der Waals surface area contributed by atoms with Crippen molar-refractivity contribution in [3.63, 3.8) is 0 Å². The molecule has 69 heavy (non-hydrogen) atoms. The summed E-state index contributed by atoms with van der Waals surface area (Å²) < 4.78 is 17.5. The van der Waals surface area contributed by atoms with Gasteiger partial charge < -0.3 is 45.1 Å². The van der Waals surface area contributed by atoms with Crippen molar-refractivity contribution < 1.29 is 49.3 Å². The summed E-state index contributed by atoms with van der Waals surface area (Å²) in [5.41, 5.74) is 0. The fourth-order valence-corrected chi connectivity index (χ4v) is 7.39. The minimum absolute atomic E-state index is 0.0841. The van der Waals surface area contributed by atoms with Crippen molar-refractivity contribution in [2.24, 2.45) is 0 Å². The van der Waals surface area contributed by atoms with Gasteiger partial charge in [0, 0.05) is 6.42 Å². The third-order valence-corrected chi connectivity index (χ3v) is 11.6. The number of aliphatic hydroxyl groups is 5. The number of rotatable bonds is 41. The first kappa shape index (κ1) is 63.1. The molecule has 1 rings (SSSR count). The summed E-state index contributed by atoms with van der Waals surface area (Å²) in [6, 6.07) is -1.06. The molecule has 1 fully saturated rings. The molecule has 8 unspecified atom stereocenters. The maximum atomic E-state index is 13.3. The zero-order chi connectivity index (χ0) is 50.4. The number of allylic oxidation sites excluding steroid dienone is 19. The number of esters is 1. The molecule has 1 aliphatic rings. The second-order valence-corrected chi connectivity index (χ2v) is 17.7. The molecule has 0 aromatic rings. The van der Waals surface area contributed by atoms with E-state index in [4.69, 9.17) is 14.2 Å². The van der Waals surface area contributed by atoms with Crippen LogP contribution in [0, 0.1) is 0 Å². The van der Waals surface area contributed by atoms with E-state index in [0.717, 1.165) is 83.5 Å². The number of nitrogens with one attached hydrogen (secondary N) is 1. The van der Waals surface area contributed by atoms with E-state index in [-0.39, 0.29) is 19.4 Å². The van der Waals surface area contributed by atoms with Crippen LogP contribution in [-0.2, 0) is 23.8 Å². The number of unbranched alkanes of at least 4 members (excludes halogenated alkanes) is 16. The van der Waals surface area contributed by atoms with Crippen molar-refractivity contribution in [1.29, 1.82) is 0 Å². The maximum Gasteiger partial charge on any atom is 0.306 e. The minimum atomic E-state index is -1.64. The summed E-state index contributed by atoms with van der Waals surface area (Å²) >= 11 is 0. The first-order valence-electron chi connectivity index (χ1n) is 26.4. The van der Waals surface area contributed by atoms with Gasteiger partial charge in [0.25, 0.3) is 0 Å². The highest BCUT2D eigenvalue weighted by Gasteiger charge is 2.47. The Morgan fingerprint density at radius 2 is 1.04 bits per heavy atom. The van der Waals surface area contributed by atoms with Gasteiger partial charge in [-0.25, -0.2) is 0 Å². The highest BCUT2D eigenvalue weighted by atomic mass is 16.7. The molecule has 0 radical (unpaired) electrons. The van der Waals surface area contributed by atoms with E-state index in [2.05, 4.69) is 44.3 Å². The molecule has 6 N–H and O–H groups in total. The van der Waals surface area contributed by atoms with Crippen molar-refractivity contribution >= 4 is 11.9 Å². The molecule has 390 valence electrons. The van der Waals surface area contributed by atoms with Gasteiger partial charge in [0.2, 0.25) is 5.91 Å². The van der Waals surface area contributed by atoms with Gasteiger partial charge in [-0.05, 0) is 64.2 Å². The lowest BCUT2D eigenvalue weighted by Crippen LogP contribution is -2.61. The third-order valence-electron chi connectivity index (χ3n) is 11.6. The maximum absolute atomic E-state index is 13.3. The number of ether oxygens (including phenoxy) is 3. The van der Waals surface area contributed by atoms with Crippen molar-refractivity contribution in [3.8, 4) is 0 Å². The van der Waals surface area contributed by atoms with Crippen LogP contribution in [-0.4, -0.2) is 99.6 Å². The molecule has 1 amide bonds. The lowest BCUT2D eigenvalue weighted by molar-refractivity contribution is -0.305. The summed E-state index contributed by atoms with van der Waals surface area (Å²) in [6.45, 7) is 5.41. The normalized spacial score (nSPS) is 20.8. The number of amides is 1. The first-order chi connectivity index (χ1) is 33.7. The Kier molecular flexibility index (Phi) is 41.3. The molecule has 0 aromatic heterocycles. The lowest BCUT2D eigenvalue weighted by Gasteiger charge is -2.41. The van der Waals surface area contributed by atoms with E-state index >= 15 is 0 Å². The summed E-state index contributed by atoms with van der Waals surface area (Å²) in [4.78, 5) is 26.4. The number of carbonyl (C=O) groups is 2. The van der Waals surface area contributed by atoms with E-state index in [1.807, 2.05) is 97.2 Å². The average molecular weight is 964 g/mol. The second kappa shape index (κ2) is 45.2. The molecule has 11 heteroatoms. The average Bonchev–Trinajstić information content (AvgIpc) is 3.34. The molecule has 11 nitrogen and oxygen atoms in total. The topological polar surface area (TPSA) is 175 Å². The highest BCUT2D eigenvalue weighted by molar-refractivity contribution is 5.80. The van der Waals surface area contributed by atoms with E-state index in [1.54, 1.807) is 6.08 Å². The fourth-order valence-electron chi connectivity index (χ4n) is 7.39. The Morgan fingerprint density at radius 3 is 1.57 bits per heavy atom.